The number of ether oxygens (including phenoxy) is 2. The van der Waals surface area contributed by atoms with Crippen LogP contribution in [0.3, 0.4) is 0 Å². The van der Waals surface area contributed by atoms with E-state index in [0.29, 0.717) is 27.0 Å². The summed E-state index contributed by atoms with van der Waals surface area (Å²) in [5.74, 6) is -1.36. The van der Waals surface area contributed by atoms with E-state index in [9.17, 15) is 19.3 Å². The summed E-state index contributed by atoms with van der Waals surface area (Å²) in [7, 11) is 0. The monoisotopic (exact) mass is 570 g/mol. The van der Waals surface area contributed by atoms with Crippen molar-refractivity contribution < 1.29 is 23.9 Å². The fourth-order valence-electron chi connectivity index (χ4n) is 2.89. The first-order valence-corrected chi connectivity index (χ1v) is 12.7. The lowest BCUT2D eigenvalue weighted by molar-refractivity contribution is -0.143. The maximum Gasteiger partial charge on any atom is 0.310 e. The Balaban J connectivity index is 1.68. The number of anilines is 2. The second-order valence-electron chi connectivity index (χ2n) is 8.32. The van der Waals surface area contributed by atoms with E-state index in [1.807, 2.05) is 6.07 Å². The van der Waals surface area contributed by atoms with Gasteiger partial charge in [-0.05, 0) is 37.6 Å². The number of nitrogens with zero attached hydrogens (tertiary/aromatic N) is 1. The summed E-state index contributed by atoms with van der Waals surface area (Å²) in [4.78, 5) is 46.2. The van der Waals surface area contributed by atoms with Gasteiger partial charge >= 0.3 is 5.97 Å². The summed E-state index contributed by atoms with van der Waals surface area (Å²) in [6.45, 7) is 3.13. The van der Waals surface area contributed by atoms with E-state index >= 15 is 0 Å². The van der Waals surface area contributed by atoms with Crippen molar-refractivity contribution in [2.75, 3.05) is 38.2 Å². The van der Waals surface area contributed by atoms with Gasteiger partial charge in [-0.3, -0.25) is 14.4 Å². The number of halogens is 2. The number of carbonyl (C=O) groups is 3. The average molecular weight is 571 g/mol. The predicted molar refractivity (Wildman–Crippen MR) is 145 cm³/mol. The molecule has 0 atom stereocenters. The number of hydrogen-bond donors (Lipinski definition) is 3. The van der Waals surface area contributed by atoms with Gasteiger partial charge in [0.15, 0.2) is 0 Å². The van der Waals surface area contributed by atoms with Crippen LogP contribution in [0.2, 0.25) is 10.0 Å². The number of nitroso groups, excluding NO2 is 1. The van der Waals surface area contributed by atoms with Gasteiger partial charge in [0.2, 0.25) is 11.8 Å². The van der Waals surface area contributed by atoms with E-state index in [0.717, 1.165) is 11.9 Å². The van der Waals surface area contributed by atoms with Crippen molar-refractivity contribution in [3.8, 4) is 0 Å². The first-order valence-electron chi connectivity index (χ1n) is 11.2. The quantitative estimate of drug-likeness (QED) is 0.125. The van der Waals surface area contributed by atoms with Gasteiger partial charge in [0.1, 0.15) is 19.8 Å². The van der Waals surface area contributed by atoms with E-state index in [2.05, 4.69) is 20.5 Å². The molecule has 0 aliphatic heterocycles. The smallest absolute Gasteiger partial charge is 0.310 e. The number of para-hydroxylation sites is 2. The minimum atomic E-state index is -0.547. The molecule has 10 nitrogen and oxygen atoms in total. The highest BCUT2D eigenvalue weighted by Gasteiger charge is 2.20. The lowest BCUT2D eigenvalue weighted by Gasteiger charge is -2.19. The van der Waals surface area contributed by atoms with E-state index in [-0.39, 0.29) is 39.3 Å². The van der Waals surface area contributed by atoms with Crippen LogP contribution in [0.5, 0.6) is 0 Å². The van der Waals surface area contributed by atoms with Crippen LogP contribution in [-0.2, 0) is 30.3 Å². The number of esters is 1. The molecule has 2 aromatic rings. The molecule has 0 saturated heterocycles. The summed E-state index contributed by atoms with van der Waals surface area (Å²) >= 11 is 13.3. The Kier molecular flexibility index (Phi) is 12.6. The Hall–Kier alpha value is -2.86. The van der Waals surface area contributed by atoms with Crippen LogP contribution >= 0.6 is 35.1 Å². The van der Waals surface area contributed by atoms with Gasteiger partial charge in [-0.1, -0.05) is 47.5 Å². The number of amides is 2. The molecule has 0 bridgehead atoms. The van der Waals surface area contributed by atoms with Gasteiger partial charge in [0.25, 0.3) is 0 Å². The number of carbonyl (C=O) groups excluding carboxylic acids is 3. The molecule has 0 heterocycles. The van der Waals surface area contributed by atoms with Crippen LogP contribution in [0.25, 0.3) is 0 Å². The lowest BCUT2D eigenvalue weighted by atomic mass is 10.1. The topological polar surface area (TPSA) is 135 Å². The Morgan fingerprint density at radius 1 is 0.973 bits per heavy atom. The van der Waals surface area contributed by atoms with Gasteiger partial charge in [-0.25, -0.2) is 0 Å². The zero-order valence-corrected chi connectivity index (χ0v) is 22.7. The highest BCUT2D eigenvalue weighted by Crippen LogP contribution is 2.33. The van der Waals surface area contributed by atoms with E-state index < -0.39 is 22.5 Å². The SMILES string of the molecule is CC(C)(CNC(=O)COCC(=O)NCCOC(=O)Cc1ccccc1Nc1c(Cl)cccc1Cl)SN=O. The Bertz CT molecular complexity index is 1080. The number of rotatable bonds is 15. The maximum absolute atomic E-state index is 12.3. The van der Waals surface area contributed by atoms with Crippen molar-refractivity contribution >= 4 is 64.3 Å². The minimum absolute atomic E-state index is 0.00433. The third-order valence-electron chi connectivity index (χ3n) is 4.72. The number of benzene rings is 2. The van der Waals surface area contributed by atoms with E-state index in [1.165, 1.54) is 0 Å². The van der Waals surface area contributed by atoms with Crippen LogP contribution in [0, 0.1) is 4.91 Å². The molecule has 2 amide bonds. The minimum Gasteiger partial charge on any atom is -0.464 e. The van der Waals surface area contributed by atoms with Gasteiger partial charge in [-0.15, -0.1) is 4.91 Å². The molecule has 13 heteroatoms. The molecule has 0 saturated carbocycles. The predicted octanol–water partition coefficient (Wildman–Crippen LogP) is 4.26. The summed E-state index contributed by atoms with van der Waals surface area (Å²) in [6.07, 6.45) is -0.00433. The van der Waals surface area contributed by atoms with Gasteiger partial charge < -0.3 is 25.4 Å². The molecule has 0 fully saturated rings. The second-order valence-corrected chi connectivity index (χ2v) is 10.6. The van der Waals surface area contributed by atoms with Gasteiger partial charge in [0.05, 0.1) is 33.4 Å². The molecule has 37 heavy (non-hydrogen) atoms. The fraction of sp³-hybridized carbons (Fsp3) is 0.375. The van der Waals surface area contributed by atoms with Crippen molar-refractivity contribution in [3.05, 3.63) is 63.0 Å². The maximum atomic E-state index is 12.3. The summed E-state index contributed by atoms with van der Waals surface area (Å²) in [5, 5.41) is 9.18. The Morgan fingerprint density at radius 2 is 1.62 bits per heavy atom. The van der Waals surface area contributed by atoms with Crippen LogP contribution in [0.1, 0.15) is 19.4 Å². The molecule has 3 N–H and O–H groups in total. The zero-order valence-electron chi connectivity index (χ0n) is 20.3. The normalized spacial score (nSPS) is 10.9. The average Bonchev–Trinajstić information content (AvgIpc) is 2.84. The lowest BCUT2D eigenvalue weighted by Crippen LogP contribution is -2.38. The van der Waals surface area contributed by atoms with Crippen LogP contribution in [0.4, 0.5) is 11.4 Å². The van der Waals surface area contributed by atoms with Crippen molar-refractivity contribution in [3.63, 3.8) is 0 Å². The molecule has 2 rings (SSSR count). The molecular formula is C24H28Cl2N4O6S. The molecule has 0 aromatic heterocycles. The highest BCUT2D eigenvalue weighted by atomic mass is 35.5. The third kappa shape index (κ3) is 11.4. The summed E-state index contributed by atoms with van der Waals surface area (Å²) in [6, 6.07) is 12.3. The van der Waals surface area contributed by atoms with E-state index in [4.69, 9.17) is 32.7 Å². The molecule has 0 radical (unpaired) electrons. The molecular weight excluding hydrogens is 543 g/mol. The molecule has 0 spiro atoms. The largest absolute Gasteiger partial charge is 0.464 e. The van der Waals surface area contributed by atoms with Crippen LogP contribution in [0.15, 0.2) is 47.0 Å². The van der Waals surface area contributed by atoms with Crippen LogP contribution in [-0.4, -0.2) is 55.4 Å². The second kappa shape index (κ2) is 15.4. The molecule has 200 valence electrons. The molecule has 0 aliphatic rings. The molecule has 2 aromatic carbocycles. The molecule has 0 unspecified atom stereocenters. The van der Waals surface area contributed by atoms with Gasteiger partial charge in [-0.2, -0.15) is 0 Å². The first kappa shape index (κ1) is 30.4. The van der Waals surface area contributed by atoms with Crippen molar-refractivity contribution in [2.24, 2.45) is 4.58 Å². The highest BCUT2D eigenvalue weighted by molar-refractivity contribution is 7.99. The van der Waals surface area contributed by atoms with Crippen molar-refractivity contribution in [1.82, 2.24) is 10.6 Å². The van der Waals surface area contributed by atoms with Crippen molar-refractivity contribution in [1.29, 1.82) is 0 Å². The fourth-order valence-corrected chi connectivity index (χ4v) is 3.72. The Morgan fingerprint density at radius 3 is 2.30 bits per heavy atom. The standard InChI is InChI=1S/C24H28Cl2N4O6S/c1-24(2,37-30-34)15-28-21(32)14-35-13-20(31)27-10-11-36-22(33)12-16-6-3-4-9-19(16)29-23-17(25)7-5-8-18(23)26/h3-9,29H,10-15H2,1-2H3,(H,27,31)(H,28,32). The van der Waals surface area contributed by atoms with Gasteiger partial charge in [0, 0.05) is 28.8 Å². The van der Waals surface area contributed by atoms with Crippen LogP contribution < -0.4 is 16.0 Å². The summed E-state index contributed by atoms with van der Waals surface area (Å²) in [5.41, 5.74) is 1.88. The number of nitrogens with one attached hydrogen (secondary N) is 3. The van der Waals surface area contributed by atoms with E-state index in [1.54, 1.807) is 50.2 Å². The van der Waals surface area contributed by atoms with Crippen molar-refractivity contribution in [2.45, 2.75) is 25.0 Å². The molecule has 0 aliphatic carbocycles. The number of hydrogen-bond acceptors (Lipinski definition) is 9. The summed E-state index contributed by atoms with van der Waals surface area (Å²) < 4.78 is 12.5. The Labute approximate surface area is 229 Å². The zero-order chi connectivity index (χ0) is 27.3. The first-order chi connectivity index (χ1) is 17.6. The third-order valence-corrected chi connectivity index (χ3v) is 6.07.